The van der Waals surface area contributed by atoms with Crippen molar-refractivity contribution in [1.82, 2.24) is 4.72 Å². The van der Waals surface area contributed by atoms with Gasteiger partial charge in [-0.1, -0.05) is 17.7 Å². The third kappa shape index (κ3) is 4.91. The van der Waals surface area contributed by atoms with E-state index < -0.39 is 16.1 Å². The van der Waals surface area contributed by atoms with E-state index in [1.807, 2.05) is 0 Å². The van der Waals surface area contributed by atoms with Crippen LogP contribution in [0.15, 0.2) is 29.2 Å². The van der Waals surface area contributed by atoms with Gasteiger partial charge < -0.3 is 9.84 Å². The number of hydrogen-bond donors (Lipinski definition) is 2. The van der Waals surface area contributed by atoms with Crippen molar-refractivity contribution in [2.24, 2.45) is 0 Å². The molecule has 0 bridgehead atoms. The monoisotopic (exact) mass is 293 g/mol. The van der Waals surface area contributed by atoms with Crippen molar-refractivity contribution in [2.75, 3.05) is 20.3 Å². The van der Waals surface area contributed by atoms with Crippen molar-refractivity contribution in [2.45, 2.75) is 17.4 Å². The summed E-state index contributed by atoms with van der Waals surface area (Å²) < 4.78 is 30.8. The summed E-state index contributed by atoms with van der Waals surface area (Å²) in [6.07, 6.45) is -0.398. The first-order chi connectivity index (χ1) is 8.45. The predicted octanol–water partition coefficient (Wildman–Crippen LogP) is 1.02. The minimum atomic E-state index is -3.58. The third-order valence-electron chi connectivity index (χ3n) is 2.24. The van der Waals surface area contributed by atoms with Crippen LogP contribution in [0.4, 0.5) is 0 Å². The van der Waals surface area contributed by atoms with E-state index in [-0.39, 0.29) is 24.5 Å². The zero-order chi connectivity index (χ0) is 13.6. The third-order valence-corrected chi connectivity index (χ3v) is 3.93. The summed E-state index contributed by atoms with van der Waals surface area (Å²) in [5.41, 5.74) is 0. The molecule has 5 nitrogen and oxygen atoms in total. The Labute approximate surface area is 112 Å². The Morgan fingerprint density at radius 3 is 2.83 bits per heavy atom. The van der Waals surface area contributed by atoms with Crippen molar-refractivity contribution >= 4 is 21.6 Å². The smallest absolute Gasteiger partial charge is 0.240 e. The molecule has 0 fully saturated rings. The van der Waals surface area contributed by atoms with Gasteiger partial charge in [0.1, 0.15) is 0 Å². The van der Waals surface area contributed by atoms with E-state index in [1.54, 1.807) is 12.1 Å². The van der Waals surface area contributed by atoms with Crippen molar-refractivity contribution in [3.05, 3.63) is 29.3 Å². The van der Waals surface area contributed by atoms with Crippen molar-refractivity contribution < 1.29 is 18.3 Å². The van der Waals surface area contributed by atoms with Gasteiger partial charge in [0, 0.05) is 18.7 Å². The van der Waals surface area contributed by atoms with Crippen molar-refractivity contribution in [1.29, 1.82) is 0 Å². The van der Waals surface area contributed by atoms with Crippen LogP contribution in [0.3, 0.4) is 0 Å². The molecule has 0 aliphatic heterocycles. The molecule has 1 atom stereocenters. The highest BCUT2D eigenvalue weighted by Crippen LogP contribution is 2.15. The lowest BCUT2D eigenvalue weighted by Gasteiger charge is -2.10. The molecule has 1 unspecified atom stereocenters. The zero-order valence-corrected chi connectivity index (χ0v) is 11.5. The first-order valence-corrected chi connectivity index (χ1v) is 7.24. The Bertz CT molecular complexity index is 478. The van der Waals surface area contributed by atoms with E-state index in [1.165, 1.54) is 19.2 Å². The molecule has 0 aromatic heterocycles. The Morgan fingerprint density at radius 2 is 2.22 bits per heavy atom. The SMILES string of the molecule is COCC(O)CCNS(=O)(=O)c1cccc(Cl)c1. The summed E-state index contributed by atoms with van der Waals surface area (Å²) in [7, 11) is -2.11. The highest BCUT2D eigenvalue weighted by Gasteiger charge is 2.14. The van der Waals surface area contributed by atoms with Gasteiger partial charge in [0.2, 0.25) is 10.0 Å². The van der Waals surface area contributed by atoms with Crippen LogP contribution in [0.1, 0.15) is 6.42 Å². The van der Waals surface area contributed by atoms with E-state index in [0.717, 1.165) is 0 Å². The predicted molar refractivity (Wildman–Crippen MR) is 69.1 cm³/mol. The molecule has 0 spiro atoms. The quantitative estimate of drug-likeness (QED) is 0.787. The van der Waals surface area contributed by atoms with Crippen LogP contribution in [-0.4, -0.2) is 39.9 Å². The number of benzene rings is 1. The summed E-state index contributed by atoms with van der Waals surface area (Å²) in [5.74, 6) is 0. The molecule has 0 saturated carbocycles. The maximum atomic E-state index is 11.8. The van der Waals surface area contributed by atoms with Gasteiger partial charge >= 0.3 is 0 Å². The molecule has 1 aromatic rings. The van der Waals surface area contributed by atoms with Crippen molar-refractivity contribution in [3.8, 4) is 0 Å². The van der Waals surface area contributed by atoms with E-state index in [4.69, 9.17) is 16.3 Å². The van der Waals surface area contributed by atoms with Crippen LogP contribution in [0, 0.1) is 0 Å². The first kappa shape index (κ1) is 15.4. The van der Waals surface area contributed by atoms with Gasteiger partial charge in [0.15, 0.2) is 0 Å². The number of methoxy groups -OCH3 is 1. The molecule has 0 aliphatic carbocycles. The highest BCUT2D eigenvalue weighted by atomic mass is 35.5. The topological polar surface area (TPSA) is 75.6 Å². The van der Waals surface area contributed by atoms with Crippen LogP contribution in [0.5, 0.6) is 0 Å². The van der Waals surface area contributed by atoms with E-state index in [2.05, 4.69) is 4.72 Å². The Hall–Kier alpha value is -0.660. The molecule has 2 N–H and O–H groups in total. The summed E-state index contributed by atoms with van der Waals surface area (Å²) in [4.78, 5) is 0.108. The fourth-order valence-corrected chi connectivity index (χ4v) is 2.70. The van der Waals surface area contributed by atoms with Crippen LogP contribution in [-0.2, 0) is 14.8 Å². The van der Waals surface area contributed by atoms with Crippen LogP contribution >= 0.6 is 11.6 Å². The maximum Gasteiger partial charge on any atom is 0.240 e. The molecule has 0 heterocycles. The van der Waals surface area contributed by atoms with E-state index in [9.17, 15) is 13.5 Å². The molecule has 1 aromatic carbocycles. The summed E-state index contributed by atoms with van der Waals surface area (Å²) in [6.45, 7) is 0.318. The Balaban J connectivity index is 2.55. The van der Waals surface area contributed by atoms with Crippen LogP contribution in [0.25, 0.3) is 0 Å². The molecule has 0 amide bonds. The standard InChI is InChI=1S/C11H16ClNO4S/c1-17-8-10(14)5-6-13-18(15,16)11-4-2-3-9(12)7-11/h2-4,7,10,13-14H,5-6,8H2,1H3. The van der Waals surface area contributed by atoms with Gasteiger partial charge in [0.05, 0.1) is 17.6 Å². The minimum Gasteiger partial charge on any atom is -0.391 e. The Morgan fingerprint density at radius 1 is 1.50 bits per heavy atom. The van der Waals surface area contributed by atoms with Gasteiger partial charge in [-0.3, -0.25) is 0 Å². The number of aliphatic hydroxyl groups is 1. The largest absolute Gasteiger partial charge is 0.391 e. The van der Waals surface area contributed by atoms with Gasteiger partial charge in [-0.2, -0.15) is 0 Å². The van der Waals surface area contributed by atoms with E-state index >= 15 is 0 Å². The molecule has 0 radical (unpaired) electrons. The van der Waals surface area contributed by atoms with Crippen LogP contribution in [0.2, 0.25) is 5.02 Å². The number of nitrogens with one attached hydrogen (secondary N) is 1. The number of hydrogen-bond acceptors (Lipinski definition) is 4. The lowest BCUT2D eigenvalue weighted by atomic mass is 10.3. The number of halogens is 1. The summed E-state index contributed by atoms with van der Waals surface area (Å²) in [5, 5.41) is 9.74. The number of aliphatic hydroxyl groups excluding tert-OH is 1. The second-order valence-electron chi connectivity index (χ2n) is 3.75. The van der Waals surface area contributed by atoms with Gasteiger partial charge in [-0.05, 0) is 24.6 Å². The van der Waals surface area contributed by atoms with Crippen molar-refractivity contribution in [3.63, 3.8) is 0 Å². The fourth-order valence-electron chi connectivity index (χ4n) is 1.35. The first-order valence-electron chi connectivity index (χ1n) is 5.38. The lowest BCUT2D eigenvalue weighted by molar-refractivity contribution is 0.0603. The second kappa shape index (κ2) is 7.06. The number of rotatable bonds is 7. The average molecular weight is 294 g/mol. The summed E-state index contributed by atoms with van der Waals surface area (Å²) in [6, 6.07) is 5.99. The molecular formula is C11H16ClNO4S. The minimum absolute atomic E-state index is 0.108. The molecule has 102 valence electrons. The van der Waals surface area contributed by atoms with Gasteiger partial charge in [-0.25, -0.2) is 13.1 Å². The molecule has 0 aliphatic rings. The molecular weight excluding hydrogens is 278 g/mol. The normalized spacial score (nSPS) is 13.5. The fraction of sp³-hybridized carbons (Fsp3) is 0.455. The molecule has 7 heteroatoms. The van der Waals surface area contributed by atoms with Crippen LogP contribution < -0.4 is 4.72 Å². The molecule has 18 heavy (non-hydrogen) atoms. The second-order valence-corrected chi connectivity index (χ2v) is 5.96. The average Bonchev–Trinajstić information content (AvgIpc) is 2.29. The van der Waals surface area contributed by atoms with E-state index in [0.29, 0.717) is 5.02 Å². The molecule has 1 rings (SSSR count). The Kier molecular flexibility index (Phi) is 6.04. The summed E-state index contributed by atoms with van der Waals surface area (Å²) >= 11 is 5.73. The maximum absolute atomic E-state index is 11.8. The number of sulfonamides is 1. The zero-order valence-electron chi connectivity index (χ0n) is 9.97. The van der Waals surface area contributed by atoms with Gasteiger partial charge in [0.25, 0.3) is 0 Å². The molecule has 0 saturated heterocycles. The van der Waals surface area contributed by atoms with Gasteiger partial charge in [-0.15, -0.1) is 0 Å². The highest BCUT2D eigenvalue weighted by molar-refractivity contribution is 7.89. The number of ether oxygens (including phenoxy) is 1. The lowest BCUT2D eigenvalue weighted by Crippen LogP contribution is -2.28.